The normalized spacial score (nSPS) is 8.50. The van der Waals surface area contributed by atoms with Crippen molar-refractivity contribution in [2.24, 2.45) is 0 Å². The predicted octanol–water partition coefficient (Wildman–Crippen LogP) is -1.75. The van der Waals surface area contributed by atoms with Crippen LogP contribution in [0.25, 0.3) is 0 Å². The molecule has 66 valence electrons. The van der Waals surface area contributed by atoms with Crippen LogP contribution in [0.15, 0.2) is 24.5 Å². The van der Waals surface area contributed by atoms with E-state index in [-0.39, 0.29) is 12.4 Å². The molecule has 1 heterocycles. The molecule has 1 rings (SSSR count). The molecule has 0 aliphatic carbocycles. The Hall–Kier alpha value is -0.800. The highest BCUT2D eigenvalue weighted by molar-refractivity contribution is 6.30. The summed E-state index contributed by atoms with van der Waals surface area (Å²) < 4.78 is 5.72. The molecule has 0 bridgehead atoms. The van der Waals surface area contributed by atoms with Crippen molar-refractivity contribution in [3.05, 3.63) is 29.5 Å². The molecule has 0 aromatic carbocycles. The van der Waals surface area contributed by atoms with Gasteiger partial charge in [-0.25, -0.2) is 0 Å². The highest BCUT2D eigenvalue weighted by Crippen LogP contribution is 2.00. The second-order valence-electron chi connectivity index (χ2n) is 1.90. The predicted molar refractivity (Wildman–Crippen MR) is 39.5 cm³/mol. The number of carbonyl (C=O) groups is 1. The van der Waals surface area contributed by atoms with Crippen LogP contribution in [0.3, 0.4) is 0 Å². The maximum Gasteiger partial charge on any atom is 0.601 e. The SMILES string of the molecule is COC(=O)[n+]1cccc(Cl)c1.[Cl-]. The Bertz CT molecular complexity index is 278. The first kappa shape index (κ1) is 11.2. The van der Waals surface area contributed by atoms with Gasteiger partial charge in [-0.05, 0) is 6.07 Å². The molecule has 0 spiro atoms. The zero-order valence-electron chi connectivity index (χ0n) is 6.33. The molecule has 0 N–H and O–H groups in total. The Labute approximate surface area is 81.3 Å². The molecule has 0 atom stereocenters. The molecule has 0 unspecified atom stereocenters. The van der Waals surface area contributed by atoms with Crippen LogP contribution in [0.5, 0.6) is 0 Å². The summed E-state index contributed by atoms with van der Waals surface area (Å²) in [5.41, 5.74) is 0. The van der Waals surface area contributed by atoms with E-state index in [1.54, 1.807) is 18.3 Å². The second-order valence-corrected chi connectivity index (χ2v) is 2.34. The molecule has 5 heteroatoms. The van der Waals surface area contributed by atoms with E-state index in [2.05, 4.69) is 4.74 Å². The van der Waals surface area contributed by atoms with Gasteiger partial charge in [-0.1, -0.05) is 16.2 Å². The van der Waals surface area contributed by atoms with E-state index < -0.39 is 6.09 Å². The van der Waals surface area contributed by atoms with Crippen LogP contribution in [0.1, 0.15) is 0 Å². The zero-order valence-corrected chi connectivity index (χ0v) is 7.84. The minimum Gasteiger partial charge on any atom is -1.00 e. The van der Waals surface area contributed by atoms with Gasteiger partial charge in [-0.2, -0.15) is 4.79 Å². The molecule has 0 aliphatic rings. The highest BCUT2D eigenvalue weighted by Gasteiger charge is 2.13. The van der Waals surface area contributed by atoms with E-state index in [9.17, 15) is 4.79 Å². The van der Waals surface area contributed by atoms with Crippen LogP contribution in [-0.4, -0.2) is 13.2 Å². The number of ether oxygens (including phenoxy) is 1. The number of rotatable bonds is 0. The first-order chi connectivity index (χ1) is 5.24. The van der Waals surface area contributed by atoms with E-state index >= 15 is 0 Å². The number of hydrogen-bond acceptors (Lipinski definition) is 2. The van der Waals surface area contributed by atoms with Crippen LogP contribution < -0.4 is 17.0 Å². The number of methoxy groups -OCH3 is 1. The monoisotopic (exact) mass is 207 g/mol. The summed E-state index contributed by atoms with van der Waals surface area (Å²) in [6, 6.07) is 3.35. The Morgan fingerprint density at radius 2 is 2.33 bits per heavy atom. The van der Waals surface area contributed by atoms with Gasteiger partial charge >= 0.3 is 6.09 Å². The van der Waals surface area contributed by atoms with Gasteiger partial charge in [0, 0.05) is 6.07 Å². The molecular weight excluding hydrogens is 201 g/mol. The molecule has 0 aliphatic heterocycles. The topological polar surface area (TPSA) is 30.2 Å². The number of aromatic nitrogens is 1. The third kappa shape index (κ3) is 2.68. The molecule has 1 aromatic heterocycles. The lowest BCUT2D eigenvalue weighted by atomic mass is 10.5. The molecular formula is C7H7Cl2NO2. The number of halogens is 2. The molecule has 0 fully saturated rings. The van der Waals surface area contributed by atoms with Crippen LogP contribution in [0.4, 0.5) is 4.79 Å². The van der Waals surface area contributed by atoms with Gasteiger partial charge in [-0.15, -0.1) is 0 Å². The number of carbonyl (C=O) groups excluding carboxylic acids is 1. The van der Waals surface area contributed by atoms with Gasteiger partial charge in [-0.3, -0.25) is 0 Å². The average molecular weight is 208 g/mol. The van der Waals surface area contributed by atoms with Crippen molar-refractivity contribution in [1.82, 2.24) is 0 Å². The van der Waals surface area contributed by atoms with Crippen molar-refractivity contribution in [2.45, 2.75) is 0 Å². The fourth-order valence-electron chi connectivity index (χ4n) is 0.666. The van der Waals surface area contributed by atoms with Gasteiger partial charge in [0.25, 0.3) is 0 Å². The third-order valence-corrected chi connectivity index (χ3v) is 1.37. The van der Waals surface area contributed by atoms with Crippen LogP contribution in [-0.2, 0) is 4.74 Å². The molecule has 0 radical (unpaired) electrons. The van der Waals surface area contributed by atoms with Crippen molar-refractivity contribution in [3.8, 4) is 0 Å². The van der Waals surface area contributed by atoms with E-state index in [0.717, 1.165) is 0 Å². The maximum absolute atomic E-state index is 10.8. The fraction of sp³-hybridized carbons (Fsp3) is 0.143. The van der Waals surface area contributed by atoms with Crippen molar-refractivity contribution in [3.63, 3.8) is 0 Å². The number of nitrogens with zero attached hydrogens (tertiary/aromatic N) is 1. The highest BCUT2D eigenvalue weighted by atomic mass is 35.5. The van der Waals surface area contributed by atoms with Crippen molar-refractivity contribution in [2.75, 3.05) is 7.11 Å². The molecule has 12 heavy (non-hydrogen) atoms. The fourth-order valence-corrected chi connectivity index (χ4v) is 0.843. The molecule has 0 saturated carbocycles. The zero-order chi connectivity index (χ0) is 8.27. The summed E-state index contributed by atoms with van der Waals surface area (Å²) in [4.78, 5) is 10.8. The summed E-state index contributed by atoms with van der Waals surface area (Å²) >= 11 is 5.62. The average Bonchev–Trinajstić information content (AvgIpc) is 2.03. The first-order valence-electron chi connectivity index (χ1n) is 2.99. The molecule has 3 nitrogen and oxygen atoms in total. The van der Waals surface area contributed by atoms with Crippen LogP contribution in [0.2, 0.25) is 5.02 Å². The van der Waals surface area contributed by atoms with Crippen LogP contribution >= 0.6 is 11.6 Å². The van der Waals surface area contributed by atoms with Crippen LogP contribution in [0, 0.1) is 0 Å². The van der Waals surface area contributed by atoms with Gasteiger partial charge in [0.05, 0.1) is 7.11 Å². The second kappa shape index (κ2) is 4.95. The van der Waals surface area contributed by atoms with Gasteiger partial charge in [0.1, 0.15) is 5.02 Å². The third-order valence-electron chi connectivity index (χ3n) is 1.15. The van der Waals surface area contributed by atoms with Crippen molar-refractivity contribution < 1.29 is 26.5 Å². The van der Waals surface area contributed by atoms with Crippen molar-refractivity contribution in [1.29, 1.82) is 0 Å². The summed E-state index contributed by atoms with van der Waals surface area (Å²) in [6.45, 7) is 0. The van der Waals surface area contributed by atoms with Gasteiger partial charge in [0.15, 0.2) is 12.4 Å². The lowest BCUT2D eigenvalue weighted by molar-refractivity contribution is -0.585. The minimum absolute atomic E-state index is 0. The molecule has 0 amide bonds. The van der Waals surface area contributed by atoms with Gasteiger partial charge in [0.2, 0.25) is 0 Å². The summed E-state index contributed by atoms with van der Waals surface area (Å²) in [5.74, 6) is 0. The largest absolute Gasteiger partial charge is 1.00 e. The number of hydrogen-bond donors (Lipinski definition) is 0. The summed E-state index contributed by atoms with van der Waals surface area (Å²) in [5, 5.41) is 0.498. The maximum atomic E-state index is 10.8. The van der Waals surface area contributed by atoms with E-state index in [0.29, 0.717) is 5.02 Å². The van der Waals surface area contributed by atoms with Crippen molar-refractivity contribution >= 4 is 17.7 Å². The lowest BCUT2D eigenvalue weighted by Gasteiger charge is -1.90. The Morgan fingerprint density at radius 1 is 1.67 bits per heavy atom. The number of pyridine rings is 1. The van der Waals surface area contributed by atoms with Gasteiger partial charge < -0.3 is 17.1 Å². The quantitative estimate of drug-likeness (QED) is 0.473. The Kier molecular flexibility index (Phi) is 4.62. The standard InChI is InChI=1S/C7H7ClNO2.ClH/c1-11-7(10)9-4-2-3-6(8)5-9;/h2-5H,1H3;1H/q+1;/p-1. The van der Waals surface area contributed by atoms with E-state index in [4.69, 9.17) is 11.6 Å². The molecule has 1 aromatic rings. The summed E-state index contributed by atoms with van der Waals surface area (Å²) in [7, 11) is 1.32. The first-order valence-corrected chi connectivity index (χ1v) is 3.37. The minimum atomic E-state index is -0.451. The molecule has 0 saturated heterocycles. The lowest BCUT2D eigenvalue weighted by Crippen LogP contribution is -3.00. The Balaban J connectivity index is 0.00000121. The van der Waals surface area contributed by atoms with E-state index in [1.807, 2.05) is 0 Å². The Morgan fingerprint density at radius 3 is 2.83 bits per heavy atom. The van der Waals surface area contributed by atoms with E-state index in [1.165, 1.54) is 17.9 Å². The summed E-state index contributed by atoms with van der Waals surface area (Å²) in [6.07, 6.45) is 2.60. The smallest absolute Gasteiger partial charge is 0.601 e.